The molecule has 1 aliphatic heterocycles. The Morgan fingerprint density at radius 2 is 1.58 bits per heavy atom. The Morgan fingerprint density at radius 3 is 2.17 bits per heavy atom. The van der Waals surface area contributed by atoms with Gasteiger partial charge in [0.15, 0.2) is 0 Å². The second-order valence-corrected chi connectivity index (χ2v) is 9.45. The summed E-state index contributed by atoms with van der Waals surface area (Å²) in [5, 5.41) is 11.9. The van der Waals surface area contributed by atoms with E-state index in [4.69, 9.17) is 4.74 Å². The van der Waals surface area contributed by atoms with Crippen LogP contribution in [0.1, 0.15) is 35.2 Å². The number of carbonyl (C=O) groups is 4. The highest BCUT2D eigenvalue weighted by molar-refractivity contribution is 9.10. The first-order chi connectivity index (χ1) is 17.2. The monoisotopic (exact) mass is 559 g/mol. The zero-order chi connectivity index (χ0) is 26.1. The quantitative estimate of drug-likeness (QED) is 0.462. The molecule has 1 saturated heterocycles. The molecule has 0 spiro atoms. The molecule has 3 amide bonds. The van der Waals surface area contributed by atoms with Crippen LogP contribution in [0, 0.1) is 6.92 Å². The number of piperazine rings is 1. The number of hydrogen-bond acceptors (Lipinski definition) is 5. The molecule has 0 unspecified atom stereocenters. The van der Waals surface area contributed by atoms with Crippen LogP contribution in [-0.4, -0.2) is 77.4 Å². The highest BCUT2D eigenvalue weighted by Gasteiger charge is 2.26. The first kappa shape index (κ1) is 27.2. The normalized spacial score (nSPS) is 14.2. The molecule has 0 aliphatic carbocycles. The predicted octanol–water partition coefficient (Wildman–Crippen LogP) is 2.86. The molecule has 2 aromatic carbocycles. The summed E-state index contributed by atoms with van der Waals surface area (Å²) < 4.78 is 6.70. The summed E-state index contributed by atoms with van der Waals surface area (Å²) in [7, 11) is 0. The van der Waals surface area contributed by atoms with Gasteiger partial charge in [-0.15, -0.1) is 0 Å². The number of hydrogen-bond donors (Lipinski definition) is 2. The van der Waals surface area contributed by atoms with Crippen LogP contribution in [0.25, 0.3) is 0 Å². The van der Waals surface area contributed by atoms with Crippen molar-refractivity contribution in [3.8, 4) is 5.75 Å². The van der Waals surface area contributed by atoms with E-state index < -0.39 is 17.9 Å². The van der Waals surface area contributed by atoms with Crippen molar-refractivity contribution in [1.29, 1.82) is 0 Å². The Balaban J connectivity index is 1.39. The Labute approximate surface area is 218 Å². The lowest BCUT2D eigenvalue weighted by Crippen LogP contribution is -2.51. The third-order valence-corrected chi connectivity index (χ3v) is 6.48. The fraction of sp³-hybridized carbons (Fsp3) is 0.385. The largest absolute Gasteiger partial charge is 0.493 e. The summed E-state index contributed by atoms with van der Waals surface area (Å²) >= 11 is 3.41. The van der Waals surface area contributed by atoms with Crippen LogP contribution in [0.3, 0.4) is 0 Å². The number of ether oxygens (including phenoxy) is 1. The summed E-state index contributed by atoms with van der Waals surface area (Å²) in [5.41, 5.74) is 1.34. The summed E-state index contributed by atoms with van der Waals surface area (Å²) in [6.07, 6.45) is 0.212. The molecule has 1 aliphatic rings. The minimum Gasteiger partial charge on any atom is -0.493 e. The van der Waals surface area contributed by atoms with Gasteiger partial charge in [0, 0.05) is 42.6 Å². The summed E-state index contributed by atoms with van der Waals surface area (Å²) in [4.78, 5) is 52.4. The molecule has 192 valence electrons. The molecule has 2 N–H and O–H groups in total. The number of nitrogens with zero attached hydrogens (tertiary/aromatic N) is 2. The fourth-order valence-electron chi connectivity index (χ4n) is 3.90. The van der Waals surface area contributed by atoms with Crippen molar-refractivity contribution in [2.24, 2.45) is 0 Å². The van der Waals surface area contributed by atoms with Crippen LogP contribution in [0.4, 0.5) is 0 Å². The molecule has 0 saturated carbocycles. The highest BCUT2D eigenvalue weighted by atomic mass is 79.9. The second kappa shape index (κ2) is 13.1. The Kier molecular flexibility index (Phi) is 9.86. The molecule has 2 aromatic rings. The number of carboxylic acid groups (broad SMARTS) is 1. The maximum atomic E-state index is 12.6. The van der Waals surface area contributed by atoms with Crippen molar-refractivity contribution < 1.29 is 29.0 Å². The average molecular weight is 560 g/mol. The van der Waals surface area contributed by atoms with Crippen LogP contribution >= 0.6 is 15.9 Å². The van der Waals surface area contributed by atoms with Crippen LogP contribution in [0.5, 0.6) is 5.75 Å². The summed E-state index contributed by atoms with van der Waals surface area (Å²) in [6, 6.07) is 12.8. The number of carbonyl (C=O) groups excluding carboxylic acids is 3. The zero-order valence-electron chi connectivity index (χ0n) is 20.1. The number of rotatable bonds is 10. The molecule has 1 heterocycles. The van der Waals surface area contributed by atoms with Crippen LogP contribution in [-0.2, 0) is 14.4 Å². The highest BCUT2D eigenvalue weighted by Crippen LogP contribution is 2.22. The SMILES string of the molecule is Cc1cc(Br)ccc1OCCC(=O)N1CCN(C(=O)CC[C@H](NC(=O)c2ccccc2)C(=O)O)CC1. The van der Waals surface area contributed by atoms with Gasteiger partial charge in [-0.2, -0.15) is 0 Å². The summed E-state index contributed by atoms with van der Waals surface area (Å²) in [5.74, 6) is -1.19. The number of benzene rings is 2. The van der Waals surface area contributed by atoms with Gasteiger partial charge in [0.1, 0.15) is 11.8 Å². The van der Waals surface area contributed by atoms with Gasteiger partial charge in [-0.3, -0.25) is 14.4 Å². The van der Waals surface area contributed by atoms with Crippen molar-refractivity contribution >= 4 is 39.6 Å². The van der Waals surface area contributed by atoms with E-state index in [0.29, 0.717) is 31.7 Å². The molecule has 0 aromatic heterocycles. The van der Waals surface area contributed by atoms with E-state index in [1.54, 1.807) is 40.1 Å². The van der Waals surface area contributed by atoms with Gasteiger partial charge in [-0.25, -0.2) is 4.79 Å². The van der Waals surface area contributed by atoms with Crippen molar-refractivity contribution in [2.45, 2.75) is 32.2 Å². The van der Waals surface area contributed by atoms with Crippen molar-refractivity contribution in [3.63, 3.8) is 0 Å². The maximum Gasteiger partial charge on any atom is 0.326 e. The van der Waals surface area contributed by atoms with Gasteiger partial charge in [0.25, 0.3) is 5.91 Å². The fourth-order valence-corrected chi connectivity index (χ4v) is 4.38. The summed E-state index contributed by atoms with van der Waals surface area (Å²) in [6.45, 7) is 3.79. The third-order valence-electron chi connectivity index (χ3n) is 5.98. The number of aliphatic carboxylic acids is 1. The zero-order valence-corrected chi connectivity index (χ0v) is 21.7. The molecule has 0 radical (unpaired) electrons. The number of halogens is 1. The lowest BCUT2D eigenvalue weighted by atomic mass is 10.1. The van der Waals surface area contributed by atoms with E-state index in [2.05, 4.69) is 21.2 Å². The van der Waals surface area contributed by atoms with E-state index in [0.717, 1.165) is 15.8 Å². The molecule has 1 atom stereocenters. The van der Waals surface area contributed by atoms with Gasteiger partial charge in [0.05, 0.1) is 13.0 Å². The Hall–Kier alpha value is -3.40. The van der Waals surface area contributed by atoms with E-state index in [1.165, 1.54) is 0 Å². The van der Waals surface area contributed by atoms with Gasteiger partial charge in [0.2, 0.25) is 11.8 Å². The van der Waals surface area contributed by atoms with Crippen molar-refractivity contribution in [2.75, 3.05) is 32.8 Å². The van der Waals surface area contributed by atoms with Crippen LogP contribution in [0.15, 0.2) is 53.0 Å². The van der Waals surface area contributed by atoms with Gasteiger partial charge < -0.3 is 25.0 Å². The van der Waals surface area contributed by atoms with Crippen LogP contribution in [0.2, 0.25) is 0 Å². The van der Waals surface area contributed by atoms with E-state index in [-0.39, 0.29) is 37.7 Å². The molecular weight excluding hydrogens is 530 g/mol. The molecule has 10 heteroatoms. The van der Waals surface area contributed by atoms with Gasteiger partial charge in [-0.05, 0) is 49.2 Å². The molecule has 0 bridgehead atoms. The Morgan fingerprint density at radius 1 is 0.972 bits per heavy atom. The minimum absolute atomic E-state index is 0.0135. The first-order valence-corrected chi connectivity index (χ1v) is 12.6. The molecule has 3 rings (SSSR count). The first-order valence-electron chi connectivity index (χ1n) is 11.8. The Bertz CT molecular complexity index is 1090. The standard InChI is InChI=1S/C26H30BrN3O6/c1-18-17-20(27)7-9-22(18)36-16-11-24(32)30-14-12-29(13-15-30)23(31)10-8-21(26(34)35)28-25(33)19-5-3-2-4-6-19/h2-7,9,17,21H,8,10-16H2,1H3,(H,28,33)(H,34,35)/t21-/m0/s1. The second-order valence-electron chi connectivity index (χ2n) is 8.54. The molecule has 1 fully saturated rings. The number of nitrogens with one attached hydrogen (secondary N) is 1. The molecule has 36 heavy (non-hydrogen) atoms. The third kappa shape index (κ3) is 7.81. The average Bonchev–Trinajstić information content (AvgIpc) is 2.87. The smallest absolute Gasteiger partial charge is 0.326 e. The van der Waals surface area contributed by atoms with Gasteiger partial charge >= 0.3 is 5.97 Å². The molecule has 9 nitrogen and oxygen atoms in total. The number of carboxylic acids is 1. The predicted molar refractivity (Wildman–Crippen MR) is 137 cm³/mol. The lowest BCUT2D eigenvalue weighted by molar-refractivity contribution is -0.141. The molecular formula is C26H30BrN3O6. The number of aryl methyl sites for hydroxylation is 1. The van der Waals surface area contributed by atoms with Gasteiger partial charge in [-0.1, -0.05) is 34.1 Å². The van der Waals surface area contributed by atoms with E-state index in [9.17, 15) is 24.3 Å². The topological polar surface area (TPSA) is 116 Å². The van der Waals surface area contributed by atoms with E-state index in [1.807, 2.05) is 25.1 Å². The van der Waals surface area contributed by atoms with Crippen molar-refractivity contribution in [1.82, 2.24) is 15.1 Å². The van der Waals surface area contributed by atoms with E-state index >= 15 is 0 Å². The maximum absolute atomic E-state index is 12.6. The van der Waals surface area contributed by atoms with Crippen LogP contribution < -0.4 is 10.1 Å². The van der Waals surface area contributed by atoms with Crippen molar-refractivity contribution in [3.05, 3.63) is 64.1 Å². The lowest BCUT2D eigenvalue weighted by Gasteiger charge is -2.35. The minimum atomic E-state index is -1.19. The number of amides is 3.